The molecule has 0 heterocycles. The first-order valence-corrected chi connectivity index (χ1v) is 4.14. The van der Waals surface area contributed by atoms with Crippen LogP contribution in [0.3, 0.4) is 0 Å². The number of halogens is 2. The van der Waals surface area contributed by atoms with Gasteiger partial charge in [0.2, 0.25) is 0 Å². The van der Waals surface area contributed by atoms with E-state index in [9.17, 15) is 8.78 Å². The predicted octanol–water partition coefficient (Wildman–Crippen LogP) is 2.55. The lowest BCUT2D eigenvalue weighted by atomic mass is 10.1. The minimum absolute atomic E-state index is 0.0122. The molecule has 0 bridgehead atoms. The Hall–Kier alpha value is -0.960. The summed E-state index contributed by atoms with van der Waals surface area (Å²) in [4.78, 5) is 0. The van der Waals surface area contributed by atoms with Crippen LogP contribution in [0.1, 0.15) is 24.5 Å². The lowest BCUT2D eigenvalue weighted by Gasteiger charge is -2.06. The van der Waals surface area contributed by atoms with Crippen molar-refractivity contribution in [1.29, 1.82) is 0 Å². The molecule has 13 heavy (non-hydrogen) atoms. The summed E-state index contributed by atoms with van der Waals surface area (Å²) in [7, 11) is 0. The Kier molecular flexibility index (Phi) is 3.37. The van der Waals surface area contributed by atoms with E-state index < -0.39 is 12.5 Å². The number of hydrogen-bond donors (Lipinski definition) is 1. The van der Waals surface area contributed by atoms with Crippen molar-refractivity contribution in [2.45, 2.75) is 25.9 Å². The van der Waals surface area contributed by atoms with Crippen LogP contribution in [0.5, 0.6) is 0 Å². The van der Waals surface area contributed by atoms with Crippen molar-refractivity contribution in [1.82, 2.24) is 0 Å². The summed E-state index contributed by atoms with van der Waals surface area (Å²) in [6.07, 6.45) is -2.51. The molecule has 1 aromatic carbocycles. The van der Waals surface area contributed by atoms with E-state index in [1.807, 2.05) is 0 Å². The highest BCUT2D eigenvalue weighted by Crippen LogP contribution is 2.19. The van der Waals surface area contributed by atoms with Crippen LogP contribution in [0.15, 0.2) is 24.3 Å². The lowest BCUT2D eigenvalue weighted by Crippen LogP contribution is -2.04. The highest BCUT2D eigenvalue weighted by Gasteiger charge is 2.07. The van der Waals surface area contributed by atoms with E-state index in [0.717, 1.165) is 5.56 Å². The SMILES string of the molecule is CC(O)Cc1cccc(C(F)F)c1. The molecule has 1 aromatic rings. The van der Waals surface area contributed by atoms with Gasteiger partial charge in [0.1, 0.15) is 0 Å². The molecule has 72 valence electrons. The first-order valence-electron chi connectivity index (χ1n) is 4.14. The fraction of sp³-hybridized carbons (Fsp3) is 0.400. The second-order valence-electron chi connectivity index (χ2n) is 3.10. The summed E-state index contributed by atoms with van der Waals surface area (Å²) >= 11 is 0. The fourth-order valence-corrected chi connectivity index (χ4v) is 1.20. The van der Waals surface area contributed by atoms with Gasteiger partial charge < -0.3 is 5.11 Å². The summed E-state index contributed by atoms with van der Waals surface area (Å²) in [5.41, 5.74) is 0.756. The van der Waals surface area contributed by atoms with Gasteiger partial charge in [-0.3, -0.25) is 0 Å². The number of aliphatic hydroxyl groups excluding tert-OH is 1. The van der Waals surface area contributed by atoms with Gasteiger partial charge in [-0.25, -0.2) is 8.78 Å². The van der Waals surface area contributed by atoms with E-state index >= 15 is 0 Å². The molecule has 1 atom stereocenters. The second-order valence-corrected chi connectivity index (χ2v) is 3.10. The zero-order valence-electron chi connectivity index (χ0n) is 7.37. The van der Waals surface area contributed by atoms with Gasteiger partial charge in [-0.05, 0) is 18.9 Å². The van der Waals surface area contributed by atoms with Gasteiger partial charge >= 0.3 is 0 Å². The van der Waals surface area contributed by atoms with E-state index in [1.54, 1.807) is 19.1 Å². The number of alkyl halides is 2. The summed E-state index contributed by atoms with van der Waals surface area (Å²) in [6.45, 7) is 1.63. The standard InChI is InChI=1S/C10H12F2O/c1-7(13)5-8-3-2-4-9(6-8)10(11)12/h2-4,6-7,10,13H,5H2,1H3. The van der Waals surface area contributed by atoms with Gasteiger partial charge in [-0.1, -0.05) is 24.3 Å². The molecule has 0 aromatic heterocycles. The molecule has 1 unspecified atom stereocenters. The third-order valence-electron chi connectivity index (χ3n) is 1.73. The van der Waals surface area contributed by atoms with Gasteiger partial charge in [-0.2, -0.15) is 0 Å². The lowest BCUT2D eigenvalue weighted by molar-refractivity contribution is 0.151. The minimum atomic E-state index is -2.44. The molecule has 0 amide bonds. The molecule has 0 aliphatic carbocycles. The molecular weight excluding hydrogens is 174 g/mol. The summed E-state index contributed by atoms with van der Waals surface area (Å²) in [5, 5.41) is 9.05. The Bertz CT molecular complexity index is 271. The molecule has 0 saturated carbocycles. The van der Waals surface area contributed by atoms with Crippen LogP contribution in [0, 0.1) is 0 Å². The van der Waals surface area contributed by atoms with Crippen molar-refractivity contribution in [3.8, 4) is 0 Å². The van der Waals surface area contributed by atoms with Gasteiger partial charge in [0.15, 0.2) is 0 Å². The maximum atomic E-state index is 12.2. The van der Waals surface area contributed by atoms with Crippen molar-refractivity contribution in [2.75, 3.05) is 0 Å². The molecule has 0 aliphatic rings. The normalized spacial score (nSPS) is 13.3. The summed E-state index contributed by atoms with van der Waals surface area (Å²) in [6, 6.07) is 6.13. The molecule has 0 radical (unpaired) electrons. The highest BCUT2D eigenvalue weighted by molar-refractivity contribution is 5.24. The Labute approximate surface area is 76.0 Å². The zero-order valence-corrected chi connectivity index (χ0v) is 7.37. The van der Waals surface area contributed by atoms with Gasteiger partial charge in [0.05, 0.1) is 6.10 Å². The van der Waals surface area contributed by atoms with Crippen LogP contribution in [-0.4, -0.2) is 11.2 Å². The first kappa shape index (κ1) is 10.1. The van der Waals surface area contributed by atoms with Crippen LogP contribution in [-0.2, 0) is 6.42 Å². The highest BCUT2D eigenvalue weighted by atomic mass is 19.3. The number of rotatable bonds is 3. The Morgan fingerprint density at radius 3 is 2.62 bits per heavy atom. The van der Waals surface area contributed by atoms with E-state index in [-0.39, 0.29) is 5.56 Å². The van der Waals surface area contributed by atoms with Crippen molar-refractivity contribution in [3.05, 3.63) is 35.4 Å². The first-order chi connectivity index (χ1) is 6.09. The fourth-order valence-electron chi connectivity index (χ4n) is 1.20. The van der Waals surface area contributed by atoms with Crippen LogP contribution in [0.4, 0.5) is 8.78 Å². The van der Waals surface area contributed by atoms with Gasteiger partial charge in [0, 0.05) is 5.56 Å². The topological polar surface area (TPSA) is 20.2 Å². The monoisotopic (exact) mass is 186 g/mol. The number of benzene rings is 1. The molecular formula is C10H12F2O. The maximum Gasteiger partial charge on any atom is 0.263 e. The number of aliphatic hydroxyl groups is 1. The average molecular weight is 186 g/mol. The van der Waals surface area contributed by atoms with E-state index in [2.05, 4.69) is 0 Å². The third-order valence-corrected chi connectivity index (χ3v) is 1.73. The number of hydrogen-bond acceptors (Lipinski definition) is 1. The predicted molar refractivity (Wildman–Crippen MR) is 46.8 cm³/mol. The zero-order chi connectivity index (χ0) is 9.84. The average Bonchev–Trinajstić information content (AvgIpc) is 2.03. The van der Waals surface area contributed by atoms with Crippen LogP contribution in [0.2, 0.25) is 0 Å². The maximum absolute atomic E-state index is 12.2. The van der Waals surface area contributed by atoms with Crippen molar-refractivity contribution >= 4 is 0 Å². The quantitative estimate of drug-likeness (QED) is 0.769. The smallest absolute Gasteiger partial charge is 0.263 e. The second kappa shape index (κ2) is 4.33. The molecule has 1 rings (SSSR count). The summed E-state index contributed by atoms with van der Waals surface area (Å²) < 4.78 is 24.4. The summed E-state index contributed by atoms with van der Waals surface area (Å²) in [5.74, 6) is 0. The minimum Gasteiger partial charge on any atom is -0.393 e. The van der Waals surface area contributed by atoms with Crippen molar-refractivity contribution in [2.24, 2.45) is 0 Å². The van der Waals surface area contributed by atoms with E-state index in [0.29, 0.717) is 6.42 Å². The Morgan fingerprint density at radius 1 is 1.38 bits per heavy atom. The van der Waals surface area contributed by atoms with E-state index in [1.165, 1.54) is 12.1 Å². The molecule has 0 fully saturated rings. The Morgan fingerprint density at radius 2 is 2.08 bits per heavy atom. The largest absolute Gasteiger partial charge is 0.393 e. The third kappa shape index (κ3) is 3.11. The molecule has 0 aliphatic heterocycles. The van der Waals surface area contributed by atoms with Crippen LogP contribution < -0.4 is 0 Å². The van der Waals surface area contributed by atoms with Crippen LogP contribution in [0.25, 0.3) is 0 Å². The van der Waals surface area contributed by atoms with Crippen LogP contribution >= 0.6 is 0 Å². The molecule has 0 saturated heterocycles. The van der Waals surface area contributed by atoms with Gasteiger partial charge in [-0.15, -0.1) is 0 Å². The molecule has 0 spiro atoms. The van der Waals surface area contributed by atoms with Gasteiger partial charge in [0.25, 0.3) is 6.43 Å². The molecule has 1 nitrogen and oxygen atoms in total. The molecule has 3 heteroatoms. The van der Waals surface area contributed by atoms with Crippen molar-refractivity contribution < 1.29 is 13.9 Å². The van der Waals surface area contributed by atoms with Crippen molar-refractivity contribution in [3.63, 3.8) is 0 Å². The molecule has 1 N–H and O–H groups in total. The van der Waals surface area contributed by atoms with E-state index in [4.69, 9.17) is 5.11 Å². The Balaban J connectivity index is 2.79.